The van der Waals surface area contributed by atoms with E-state index in [0.717, 1.165) is 30.0 Å². The zero-order chi connectivity index (χ0) is 13.0. The van der Waals surface area contributed by atoms with Gasteiger partial charge >= 0.3 is 0 Å². The third-order valence-corrected chi connectivity index (χ3v) is 2.90. The van der Waals surface area contributed by atoms with Crippen molar-refractivity contribution in [2.75, 3.05) is 0 Å². The lowest BCUT2D eigenvalue weighted by Crippen LogP contribution is -2.17. The van der Waals surface area contributed by atoms with Crippen molar-refractivity contribution in [3.63, 3.8) is 0 Å². The average molecular weight is 245 g/mol. The van der Waals surface area contributed by atoms with Crippen LogP contribution in [0.25, 0.3) is 0 Å². The van der Waals surface area contributed by atoms with Crippen LogP contribution in [0.15, 0.2) is 24.7 Å². The molecule has 0 saturated heterocycles. The van der Waals surface area contributed by atoms with Crippen LogP contribution in [-0.4, -0.2) is 19.7 Å². The number of nitrogens with zero attached hydrogens (tertiary/aromatic N) is 4. The molecule has 0 aliphatic heterocycles. The molecule has 2 aromatic heterocycles. The lowest BCUT2D eigenvalue weighted by atomic mass is 10.1. The number of aryl methyl sites for hydroxylation is 2. The van der Waals surface area contributed by atoms with Crippen LogP contribution in [0, 0.1) is 6.92 Å². The first kappa shape index (κ1) is 12.7. The van der Waals surface area contributed by atoms with E-state index in [0.29, 0.717) is 6.42 Å². The van der Waals surface area contributed by atoms with Gasteiger partial charge in [0.25, 0.3) is 0 Å². The molecule has 96 valence electrons. The fraction of sp³-hybridized carbons (Fsp3) is 0.462. The standard InChI is InChI=1S/C13H19N5/c1-3-6-18-13(16-9-17-18)7-12(14)11-5-4-10(2)15-8-11/h4-5,8-9,12H,3,6-7,14H2,1-2H3. The fourth-order valence-corrected chi connectivity index (χ4v) is 1.86. The second kappa shape index (κ2) is 5.73. The molecule has 2 N–H and O–H groups in total. The van der Waals surface area contributed by atoms with Crippen LogP contribution >= 0.6 is 0 Å². The van der Waals surface area contributed by atoms with Gasteiger partial charge in [0.05, 0.1) is 0 Å². The van der Waals surface area contributed by atoms with Crippen molar-refractivity contribution in [2.45, 2.75) is 39.3 Å². The minimum absolute atomic E-state index is 0.0853. The monoisotopic (exact) mass is 245 g/mol. The van der Waals surface area contributed by atoms with Gasteiger partial charge < -0.3 is 5.73 Å². The number of hydrogen-bond acceptors (Lipinski definition) is 4. The van der Waals surface area contributed by atoms with Crippen molar-refractivity contribution in [3.05, 3.63) is 41.7 Å². The zero-order valence-corrected chi connectivity index (χ0v) is 10.9. The lowest BCUT2D eigenvalue weighted by molar-refractivity contribution is 0.547. The summed E-state index contributed by atoms with van der Waals surface area (Å²) < 4.78 is 1.92. The summed E-state index contributed by atoms with van der Waals surface area (Å²) in [6.45, 7) is 4.97. The number of rotatable bonds is 5. The second-order valence-electron chi connectivity index (χ2n) is 4.44. The topological polar surface area (TPSA) is 69.6 Å². The first-order valence-corrected chi connectivity index (χ1v) is 6.25. The van der Waals surface area contributed by atoms with Crippen LogP contribution < -0.4 is 5.73 Å². The van der Waals surface area contributed by atoms with E-state index < -0.39 is 0 Å². The maximum atomic E-state index is 6.18. The summed E-state index contributed by atoms with van der Waals surface area (Å²) in [7, 11) is 0. The van der Waals surface area contributed by atoms with E-state index in [9.17, 15) is 0 Å². The highest BCUT2D eigenvalue weighted by molar-refractivity contribution is 5.17. The number of aromatic nitrogens is 4. The van der Waals surface area contributed by atoms with Crippen LogP contribution in [0.3, 0.4) is 0 Å². The largest absolute Gasteiger partial charge is 0.324 e. The predicted octanol–water partition coefficient (Wildman–Crippen LogP) is 1.63. The third-order valence-electron chi connectivity index (χ3n) is 2.90. The molecular weight excluding hydrogens is 226 g/mol. The van der Waals surface area contributed by atoms with Gasteiger partial charge in [0, 0.05) is 30.9 Å². The van der Waals surface area contributed by atoms with Crippen molar-refractivity contribution in [1.82, 2.24) is 19.7 Å². The van der Waals surface area contributed by atoms with Gasteiger partial charge in [-0.2, -0.15) is 5.10 Å². The molecule has 0 spiro atoms. The molecule has 1 atom stereocenters. The van der Waals surface area contributed by atoms with E-state index >= 15 is 0 Å². The zero-order valence-electron chi connectivity index (χ0n) is 10.9. The van der Waals surface area contributed by atoms with Crippen LogP contribution in [0.2, 0.25) is 0 Å². The van der Waals surface area contributed by atoms with Gasteiger partial charge in [0.15, 0.2) is 0 Å². The average Bonchev–Trinajstić information content (AvgIpc) is 2.78. The first-order valence-electron chi connectivity index (χ1n) is 6.25. The Kier molecular flexibility index (Phi) is 4.04. The number of nitrogens with two attached hydrogens (primary N) is 1. The summed E-state index contributed by atoms with van der Waals surface area (Å²) in [5.41, 5.74) is 8.21. The van der Waals surface area contributed by atoms with Crippen LogP contribution in [0.4, 0.5) is 0 Å². The fourth-order valence-electron chi connectivity index (χ4n) is 1.86. The summed E-state index contributed by atoms with van der Waals surface area (Å²) in [5, 5.41) is 4.20. The summed E-state index contributed by atoms with van der Waals surface area (Å²) >= 11 is 0. The Bertz CT molecular complexity index is 488. The summed E-state index contributed by atoms with van der Waals surface area (Å²) in [5.74, 6) is 0.935. The maximum absolute atomic E-state index is 6.18. The van der Waals surface area contributed by atoms with E-state index in [4.69, 9.17) is 5.73 Å². The van der Waals surface area contributed by atoms with Crippen LogP contribution in [-0.2, 0) is 13.0 Å². The van der Waals surface area contributed by atoms with E-state index in [-0.39, 0.29) is 6.04 Å². The molecule has 0 bridgehead atoms. The highest BCUT2D eigenvalue weighted by Crippen LogP contribution is 2.14. The Labute approximate surface area is 107 Å². The Morgan fingerprint density at radius 1 is 1.33 bits per heavy atom. The van der Waals surface area contributed by atoms with Crippen molar-refractivity contribution < 1.29 is 0 Å². The van der Waals surface area contributed by atoms with Crippen LogP contribution in [0.5, 0.6) is 0 Å². The summed E-state index contributed by atoms with van der Waals surface area (Å²) in [6, 6.07) is 3.91. The smallest absolute Gasteiger partial charge is 0.138 e. The van der Waals surface area contributed by atoms with Gasteiger partial charge in [0.1, 0.15) is 12.2 Å². The molecule has 0 radical (unpaired) electrons. The van der Waals surface area contributed by atoms with E-state index in [1.165, 1.54) is 0 Å². The number of hydrogen-bond donors (Lipinski definition) is 1. The minimum atomic E-state index is -0.0853. The van der Waals surface area contributed by atoms with E-state index in [1.807, 2.05) is 29.9 Å². The molecule has 0 fully saturated rings. The molecule has 1 unspecified atom stereocenters. The van der Waals surface area contributed by atoms with Crippen molar-refractivity contribution in [3.8, 4) is 0 Å². The molecule has 0 aromatic carbocycles. The third kappa shape index (κ3) is 2.92. The van der Waals surface area contributed by atoms with Gasteiger partial charge in [-0.05, 0) is 25.0 Å². The molecule has 0 aliphatic rings. The summed E-state index contributed by atoms with van der Waals surface area (Å²) in [6.07, 6.45) is 5.15. The van der Waals surface area contributed by atoms with E-state index in [2.05, 4.69) is 22.0 Å². The Balaban J connectivity index is 2.08. The molecule has 5 heteroatoms. The minimum Gasteiger partial charge on any atom is -0.324 e. The molecular formula is C13H19N5. The molecule has 5 nitrogen and oxygen atoms in total. The molecule has 2 heterocycles. The Morgan fingerprint density at radius 3 is 2.83 bits per heavy atom. The van der Waals surface area contributed by atoms with Gasteiger partial charge in [0.2, 0.25) is 0 Å². The SMILES string of the molecule is CCCn1ncnc1CC(N)c1ccc(C)nc1. The van der Waals surface area contributed by atoms with Gasteiger partial charge in [-0.25, -0.2) is 4.98 Å². The Morgan fingerprint density at radius 2 is 2.17 bits per heavy atom. The highest BCUT2D eigenvalue weighted by atomic mass is 15.3. The number of pyridine rings is 1. The maximum Gasteiger partial charge on any atom is 0.138 e. The molecule has 0 saturated carbocycles. The molecule has 18 heavy (non-hydrogen) atoms. The predicted molar refractivity (Wildman–Crippen MR) is 69.9 cm³/mol. The highest BCUT2D eigenvalue weighted by Gasteiger charge is 2.12. The molecule has 0 aliphatic carbocycles. The van der Waals surface area contributed by atoms with Crippen LogP contribution in [0.1, 0.15) is 36.5 Å². The molecule has 2 rings (SSSR count). The summed E-state index contributed by atoms with van der Waals surface area (Å²) in [4.78, 5) is 8.53. The normalized spacial score (nSPS) is 12.6. The second-order valence-corrected chi connectivity index (χ2v) is 4.44. The quantitative estimate of drug-likeness (QED) is 0.869. The molecule has 0 amide bonds. The van der Waals surface area contributed by atoms with Gasteiger partial charge in [-0.3, -0.25) is 9.67 Å². The lowest BCUT2D eigenvalue weighted by Gasteiger charge is -2.12. The molecule has 2 aromatic rings. The van der Waals surface area contributed by atoms with Gasteiger partial charge in [-0.15, -0.1) is 0 Å². The van der Waals surface area contributed by atoms with Crippen molar-refractivity contribution >= 4 is 0 Å². The van der Waals surface area contributed by atoms with Crippen molar-refractivity contribution in [2.24, 2.45) is 5.73 Å². The van der Waals surface area contributed by atoms with Crippen molar-refractivity contribution in [1.29, 1.82) is 0 Å². The first-order chi connectivity index (χ1) is 8.70. The van der Waals surface area contributed by atoms with Gasteiger partial charge in [-0.1, -0.05) is 13.0 Å². The Hall–Kier alpha value is -1.75. The van der Waals surface area contributed by atoms with E-state index in [1.54, 1.807) is 6.33 Å².